The average Bonchev–Trinajstić information content (AvgIpc) is 2.52. The Labute approximate surface area is 150 Å². The zero-order valence-electron chi connectivity index (χ0n) is 14.1. The van der Waals surface area contributed by atoms with Crippen molar-refractivity contribution in [2.75, 3.05) is 10.6 Å². The molecule has 0 atom stereocenters. The van der Waals surface area contributed by atoms with E-state index in [1.807, 2.05) is 57.2 Å². The van der Waals surface area contributed by atoms with Crippen LogP contribution in [0.4, 0.5) is 11.4 Å². The molecule has 0 heterocycles. The maximum atomic E-state index is 12.2. The zero-order valence-corrected chi connectivity index (χ0v) is 15.7. The van der Waals surface area contributed by atoms with Crippen LogP contribution in [-0.2, 0) is 16.0 Å². The second-order valence-electron chi connectivity index (χ2n) is 5.72. The molecular formula is C19H21BrN2O2. The van der Waals surface area contributed by atoms with Gasteiger partial charge in [0, 0.05) is 10.2 Å². The van der Waals surface area contributed by atoms with E-state index in [4.69, 9.17) is 0 Å². The molecule has 0 aliphatic rings. The molecule has 5 heteroatoms. The van der Waals surface area contributed by atoms with E-state index in [0.717, 1.165) is 33.3 Å². The summed E-state index contributed by atoms with van der Waals surface area (Å²) in [5.74, 6) is -0.664. The van der Waals surface area contributed by atoms with Crippen molar-refractivity contribution in [1.82, 2.24) is 0 Å². The maximum absolute atomic E-state index is 12.2. The summed E-state index contributed by atoms with van der Waals surface area (Å²) in [6.07, 6.45) is 0.595. The van der Waals surface area contributed by atoms with Crippen molar-refractivity contribution in [2.24, 2.45) is 0 Å². The van der Waals surface area contributed by atoms with Crippen LogP contribution in [0.5, 0.6) is 0 Å². The Bertz CT molecular complexity index is 772. The predicted molar refractivity (Wildman–Crippen MR) is 101 cm³/mol. The summed E-state index contributed by atoms with van der Waals surface area (Å²) in [7, 11) is 0. The predicted octanol–water partition coefficient (Wildman–Crippen LogP) is 4.60. The summed E-state index contributed by atoms with van der Waals surface area (Å²) in [6, 6.07) is 11.5. The molecule has 0 aromatic heterocycles. The molecule has 0 unspecified atom stereocenters. The van der Waals surface area contributed by atoms with Gasteiger partial charge in [-0.05, 0) is 65.0 Å². The number of halogens is 1. The molecule has 0 bridgehead atoms. The number of para-hydroxylation sites is 1. The number of amides is 2. The van der Waals surface area contributed by atoms with Gasteiger partial charge < -0.3 is 10.6 Å². The van der Waals surface area contributed by atoms with Crippen LogP contribution < -0.4 is 10.6 Å². The van der Waals surface area contributed by atoms with Crippen LogP contribution in [0.1, 0.15) is 30.0 Å². The number of anilines is 2. The third kappa shape index (κ3) is 4.68. The number of carbonyl (C=O) groups excluding carboxylic acids is 2. The number of benzene rings is 2. The van der Waals surface area contributed by atoms with Crippen LogP contribution in [0.15, 0.2) is 40.9 Å². The quantitative estimate of drug-likeness (QED) is 0.735. The zero-order chi connectivity index (χ0) is 17.7. The second-order valence-corrected chi connectivity index (χ2v) is 6.57. The monoisotopic (exact) mass is 388 g/mol. The van der Waals surface area contributed by atoms with Crippen molar-refractivity contribution in [3.05, 3.63) is 57.6 Å². The van der Waals surface area contributed by atoms with Crippen LogP contribution in [0.2, 0.25) is 0 Å². The second kappa shape index (κ2) is 8.11. The summed E-state index contributed by atoms with van der Waals surface area (Å²) in [5.41, 5.74) is 4.59. The van der Waals surface area contributed by atoms with Gasteiger partial charge in [-0.2, -0.15) is 0 Å². The molecule has 0 saturated carbocycles. The van der Waals surface area contributed by atoms with E-state index < -0.39 is 0 Å². The lowest BCUT2D eigenvalue weighted by Crippen LogP contribution is -2.22. The Morgan fingerprint density at radius 3 is 2.42 bits per heavy atom. The van der Waals surface area contributed by atoms with E-state index >= 15 is 0 Å². The molecule has 0 fully saturated rings. The van der Waals surface area contributed by atoms with Crippen molar-refractivity contribution < 1.29 is 9.59 Å². The number of aryl methyl sites for hydroxylation is 3. The Hall–Kier alpha value is -2.14. The minimum absolute atomic E-state index is 0.224. The highest BCUT2D eigenvalue weighted by Crippen LogP contribution is 2.24. The van der Waals surface area contributed by atoms with Gasteiger partial charge in [0.1, 0.15) is 6.42 Å². The van der Waals surface area contributed by atoms with Gasteiger partial charge >= 0.3 is 0 Å². The summed E-state index contributed by atoms with van der Waals surface area (Å²) in [5, 5.41) is 5.61. The number of carbonyl (C=O) groups is 2. The van der Waals surface area contributed by atoms with Gasteiger partial charge in [-0.15, -0.1) is 0 Å². The molecule has 0 spiro atoms. The van der Waals surface area contributed by atoms with Gasteiger partial charge in [0.25, 0.3) is 0 Å². The van der Waals surface area contributed by atoms with Crippen molar-refractivity contribution >= 4 is 39.1 Å². The summed E-state index contributed by atoms with van der Waals surface area (Å²) in [6.45, 7) is 5.95. The molecule has 2 N–H and O–H groups in total. The van der Waals surface area contributed by atoms with E-state index in [-0.39, 0.29) is 18.2 Å². The van der Waals surface area contributed by atoms with Crippen LogP contribution >= 0.6 is 15.9 Å². The summed E-state index contributed by atoms with van der Waals surface area (Å²) in [4.78, 5) is 24.3. The highest BCUT2D eigenvalue weighted by atomic mass is 79.9. The first kappa shape index (κ1) is 18.2. The van der Waals surface area contributed by atoms with E-state index in [2.05, 4.69) is 26.6 Å². The van der Waals surface area contributed by atoms with E-state index in [0.29, 0.717) is 5.69 Å². The van der Waals surface area contributed by atoms with Gasteiger partial charge in [-0.25, -0.2) is 0 Å². The molecular weight excluding hydrogens is 368 g/mol. The lowest BCUT2D eigenvalue weighted by atomic mass is 10.1. The molecule has 2 amide bonds. The normalized spacial score (nSPS) is 10.3. The molecule has 0 saturated heterocycles. The number of hydrogen-bond donors (Lipinski definition) is 2. The van der Waals surface area contributed by atoms with E-state index in [1.165, 1.54) is 0 Å². The van der Waals surface area contributed by atoms with Crippen molar-refractivity contribution in [3.8, 4) is 0 Å². The lowest BCUT2D eigenvalue weighted by Gasteiger charge is -2.13. The fourth-order valence-corrected chi connectivity index (χ4v) is 3.04. The van der Waals surface area contributed by atoms with Crippen LogP contribution in [0.3, 0.4) is 0 Å². The van der Waals surface area contributed by atoms with Crippen molar-refractivity contribution in [2.45, 2.75) is 33.6 Å². The fraction of sp³-hybridized carbons (Fsp3) is 0.263. The molecule has 0 aliphatic heterocycles. The molecule has 126 valence electrons. The maximum Gasteiger partial charge on any atom is 0.233 e. The molecule has 0 aliphatic carbocycles. The number of nitrogens with one attached hydrogen (secondary N) is 2. The first-order valence-electron chi connectivity index (χ1n) is 7.85. The summed E-state index contributed by atoms with van der Waals surface area (Å²) >= 11 is 3.41. The first-order chi connectivity index (χ1) is 11.4. The molecule has 24 heavy (non-hydrogen) atoms. The number of hydrogen-bond acceptors (Lipinski definition) is 2. The molecule has 2 aromatic carbocycles. The summed E-state index contributed by atoms with van der Waals surface area (Å²) < 4.78 is 0.795. The van der Waals surface area contributed by atoms with E-state index in [1.54, 1.807) is 0 Å². The van der Waals surface area contributed by atoms with Crippen LogP contribution in [0, 0.1) is 13.8 Å². The van der Waals surface area contributed by atoms with Gasteiger partial charge in [0.2, 0.25) is 11.8 Å². The molecule has 4 nitrogen and oxygen atoms in total. The standard InChI is InChI=1S/C19H21BrN2O2/c1-4-14-7-5-6-13(3)19(14)22-18(24)11-17(23)21-16-9-8-12(2)10-15(16)20/h5-10H,4,11H2,1-3H3,(H,21,23)(H,22,24). The topological polar surface area (TPSA) is 58.2 Å². The van der Waals surface area contributed by atoms with Crippen molar-refractivity contribution in [3.63, 3.8) is 0 Å². The van der Waals surface area contributed by atoms with E-state index in [9.17, 15) is 9.59 Å². The van der Waals surface area contributed by atoms with Crippen LogP contribution in [0.25, 0.3) is 0 Å². The lowest BCUT2D eigenvalue weighted by molar-refractivity contribution is -0.123. The van der Waals surface area contributed by atoms with Gasteiger partial charge in [-0.1, -0.05) is 31.2 Å². The highest BCUT2D eigenvalue weighted by molar-refractivity contribution is 9.10. The molecule has 2 rings (SSSR count). The van der Waals surface area contributed by atoms with Gasteiger partial charge in [0.15, 0.2) is 0 Å². The molecule has 0 radical (unpaired) electrons. The Morgan fingerprint density at radius 2 is 1.75 bits per heavy atom. The Balaban J connectivity index is 2.01. The smallest absolute Gasteiger partial charge is 0.233 e. The average molecular weight is 389 g/mol. The van der Waals surface area contributed by atoms with Gasteiger partial charge in [-0.3, -0.25) is 9.59 Å². The molecule has 2 aromatic rings. The SMILES string of the molecule is CCc1cccc(C)c1NC(=O)CC(=O)Nc1ccc(C)cc1Br. The van der Waals surface area contributed by atoms with Crippen LogP contribution in [-0.4, -0.2) is 11.8 Å². The fourth-order valence-electron chi connectivity index (χ4n) is 2.45. The van der Waals surface area contributed by atoms with Crippen molar-refractivity contribution in [1.29, 1.82) is 0 Å². The third-order valence-corrected chi connectivity index (χ3v) is 4.38. The van der Waals surface area contributed by atoms with Gasteiger partial charge in [0.05, 0.1) is 5.69 Å². The largest absolute Gasteiger partial charge is 0.325 e. The first-order valence-corrected chi connectivity index (χ1v) is 8.64. The minimum Gasteiger partial charge on any atom is -0.325 e. The Kier molecular flexibility index (Phi) is 6.15. The minimum atomic E-state index is -0.344. The number of rotatable bonds is 5. The highest BCUT2D eigenvalue weighted by Gasteiger charge is 2.13. The third-order valence-electron chi connectivity index (χ3n) is 3.72. The Morgan fingerprint density at radius 1 is 1.04 bits per heavy atom.